The molecule has 1 aliphatic carbocycles. The molecule has 0 aromatic heterocycles. The topological polar surface area (TPSA) is 63.6 Å². The summed E-state index contributed by atoms with van der Waals surface area (Å²) in [6.45, 7) is 0.214. The number of isocyanates is 1. The molecular formula is C11H10BrNO3S. The smallest absolute Gasteiger partial charge is 0.223 e. The van der Waals surface area contributed by atoms with Gasteiger partial charge < -0.3 is 0 Å². The van der Waals surface area contributed by atoms with Crippen LogP contribution in [0.5, 0.6) is 0 Å². The molecule has 0 heterocycles. The van der Waals surface area contributed by atoms with E-state index in [0.29, 0.717) is 9.37 Å². The molecule has 1 aliphatic rings. The Morgan fingerprint density at radius 3 is 2.65 bits per heavy atom. The van der Waals surface area contributed by atoms with Gasteiger partial charge in [0.2, 0.25) is 6.08 Å². The molecule has 0 spiro atoms. The van der Waals surface area contributed by atoms with Crippen molar-refractivity contribution in [1.29, 1.82) is 0 Å². The monoisotopic (exact) mass is 315 g/mol. The molecule has 0 saturated heterocycles. The highest BCUT2D eigenvalue weighted by molar-refractivity contribution is 9.10. The van der Waals surface area contributed by atoms with E-state index in [1.165, 1.54) is 6.08 Å². The van der Waals surface area contributed by atoms with Gasteiger partial charge in [0.1, 0.15) is 0 Å². The van der Waals surface area contributed by atoms with Crippen molar-refractivity contribution >= 4 is 31.8 Å². The van der Waals surface area contributed by atoms with Gasteiger partial charge in [0.05, 0.1) is 16.7 Å². The van der Waals surface area contributed by atoms with Gasteiger partial charge in [-0.1, -0.05) is 6.07 Å². The first-order valence-electron chi connectivity index (χ1n) is 5.11. The molecule has 4 nitrogen and oxygen atoms in total. The molecule has 6 heteroatoms. The summed E-state index contributed by atoms with van der Waals surface area (Å²) in [4.78, 5) is 13.8. The standard InChI is InChI=1S/C11H10BrNO3S/c12-10-5-8(6-13-7-14)1-4-11(10)17(15,16)9-2-3-9/h1,4-5,9H,2-3,6H2. The average molecular weight is 316 g/mol. The summed E-state index contributed by atoms with van der Waals surface area (Å²) in [6, 6.07) is 4.91. The lowest BCUT2D eigenvalue weighted by atomic mass is 10.2. The normalized spacial score (nSPS) is 15.4. The molecule has 0 bridgehead atoms. The summed E-state index contributed by atoms with van der Waals surface area (Å²) in [5, 5.41) is -0.224. The zero-order chi connectivity index (χ0) is 12.5. The van der Waals surface area contributed by atoms with Crippen molar-refractivity contribution in [2.24, 2.45) is 4.99 Å². The molecule has 0 atom stereocenters. The van der Waals surface area contributed by atoms with Crippen LogP contribution in [0.1, 0.15) is 18.4 Å². The van der Waals surface area contributed by atoms with Gasteiger partial charge in [-0.25, -0.2) is 18.2 Å². The summed E-state index contributed by atoms with van der Waals surface area (Å²) in [5.41, 5.74) is 0.773. The molecule has 0 aliphatic heterocycles. The van der Waals surface area contributed by atoms with Crippen LogP contribution >= 0.6 is 15.9 Å². The van der Waals surface area contributed by atoms with E-state index in [-0.39, 0.29) is 11.8 Å². The minimum atomic E-state index is -3.19. The molecule has 0 amide bonds. The van der Waals surface area contributed by atoms with Gasteiger partial charge in [-0.3, -0.25) is 0 Å². The van der Waals surface area contributed by atoms with Crippen LogP contribution in [0.25, 0.3) is 0 Å². The zero-order valence-electron chi connectivity index (χ0n) is 8.89. The molecule has 17 heavy (non-hydrogen) atoms. The molecule has 0 radical (unpaired) electrons. The van der Waals surface area contributed by atoms with Crippen LogP contribution < -0.4 is 0 Å². The predicted molar refractivity (Wildman–Crippen MR) is 66.2 cm³/mol. The minimum absolute atomic E-state index is 0.214. The van der Waals surface area contributed by atoms with Gasteiger partial charge in [0, 0.05) is 4.47 Å². The molecule has 90 valence electrons. The van der Waals surface area contributed by atoms with Crippen LogP contribution in [0.4, 0.5) is 0 Å². The number of rotatable bonds is 4. The Morgan fingerprint density at radius 2 is 2.12 bits per heavy atom. The zero-order valence-corrected chi connectivity index (χ0v) is 11.3. The van der Waals surface area contributed by atoms with Crippen molar-refractivity contribution in [3.8, 4) is 0 Å². The van der Waals surface area contributed by atoms with E-state index >= 15 is 0 Å². The maximum absolute atomic E-state index is 12.0. The van der Waals surface area contributed by atoms with E-state index in [2.05, 4.69) is 20.9 Å². The number of sulfone groups is 1. The Hall–Kier alpha value is -0.970. The van der Waals surface area contributed by atoms with Crippen molar-refractivity contribution < 1.29 is 13.2 Å². The number of aliphatic imine (C=N–C) groups is 1. The first kappa shape index (κ1) is 12.5. The summed E-state index contributed by atoms with van der Waals surface area (Å²) in [6.07, 6.45) is 2.93. The molecule has 1 saturated carbocycles. The number of hydrogen-bond acceptors (Lipinski definition) is 4. The van der Waals surface area contributed by atoms with Gasteiger partial charge >= 0.3 is 0 Å². The third kappa shape index (κ3) is 2.65. The van der Waals surface area contributed by atoms with E-state index in [1.54, 1.807) is 18.2 Å². The number of halogens is 1. The predicted octanol–water partition coefficient (Wildman–Crippen LogP) is 2.22. The molecule has 1 aromatic rings. The summed E-state index contributed by atoms with van der Waals surface area (Å²) >= 11 is 3.25. The summed E-state index contributed by atoms with van der Waals surface area (Å²) in [7, 11) is -3.19. The molecule has 0 N–H and O–H groups in total. The largest absolute Gasteiger partial charge is 0.235 e. The number of hydrogen-bond donors (Lipinski definition) is 0. The first-order chi connectivity index (χ1) is 8.05. The Morgan fingerprint density at radius 1 is 1.41 bits per heavy atom. The summed E-state index contributed by atoms with van der Waals surface area (Å²) in [5.74, 6) is 0. The quantitative estimate of drug-likeness (QED) is 0.632. The van der Waals surface area contributed by atoms with Crippen LogP contribution in [0.2, 0.25) is 0 Å². The second-order valence-electron chi connectivity index (χ2n) is 3.92. The van der Waals surface area contributed by atoms with E-state index in [4.69, 9.17) is 0 Å². The Labute approximate surface area is 108 Å². The van der Waals surface area contributed by atoms with Crippen molar-refractivity contribution in [1.82, 2.24) is 0 Å². The van der Waals surface area contributed by atoms with Crippen LogP contribution in [0.15, 0.2) is 32.6 Å². The fourth-order valence-corrected chi connectivity index (χ4v) is 4.36. The number of carbonyl (C=O) groups excluding carboxylic acids is 1. The SMILES string of the molecule is O=C=NCc1ccc(S(=O)(=O)C2CC2)c(Br)c1. The molecule has 1 fully saturated rings. The highest BCUT2D eigenvalue weighted by Crippen LogP contribution is 2.36. The van der Waals surface area contributed by atoms with Crippen molar-refractivity contribution in [2.75, 3.05) is 0 Å². The molecule has 0 unspecified atom stereocenters. The molecular weight excluding hydrogens is 306 g/mol. The van der Waals surface area contributed by atoms with Gasteiger partial charge in [-0.05, 0) is 46.5 Å². The second kappa shape index (κ2) is 4.72. The van der Waals surface area contributed by atoms with Crippen LogP contribution in [-0.4, -0.2) is 19.7 Å². The van der Waals surface area contributed by atoms with Crippen LogP contribution in [0, 0.1) is 0 Å². The van der Waals surface area contributed by atoms with Gasteiger partial charge in [-0.15, -0.1) is 0 Å². The molecule has 2 rings (SSSR count). The van der Waals surface area contributed by atoms with E-state index in [9.17, 15) is 13.2 Å². The van der Waals surface area contributed by atoms with E-state index < -0.39 is 9.84 Å². The Kier molecular flexibility index (Phi) is 3.47. The number of nitrogens with zero attached hydrogens (tertiary/aromatic N) is 1. The highest BCUT2D eigenvalue weighted by atomic mass is 79.9. The minimum Gasteiger partial charge on any atom is -0.223 e. The van der Waals surface area contributed by atoms with Gasteiger partial charge in [-0.2, -0.15) is 0 Å². The third-order valence-corrected chi connectivity index (χ3v) is 5.83. The van der Waals surface area contributed by atoms with Gasteiger partial charge in [0.25, 0.3) is 0 Å². The lowest BCUT2D eigenvalue weighted by molar-refractivity contribution is 0.562. The van der Waals surface area contributed by atoms with Crippen LogP contribution in [0.3, 0.4) is 0 Å². The lowest BCUT2D eigenvalue weighted by Gasteiger charge is -2.06. The third-order valence-electron chi connectivity index (χ3n) is 2.59. The van der Waals surface area contributed by atoms with E-state index in [1.807, 2.05) is 0 Å². The second-order valence-corrected chi connectivity index (χ2v) is 6.97. The first-order valence-corrected chi connectivity index (χ1v) is 7.45. The Bertz CT molecular complexity index is 587. The maximum Gasteiger partial charge on any atom is 0.235 e. The van der Waals surface area contributed by atoms with Crippen LogP contribution in [-0.2, 0) is 21.2 Å². The van der Waals surface area contributed by atoms with Crippen molar-refractivity contribution in [3.63, 3.8) is 0 Å². The Balaban J connectivity index is 2.34. The van der Waals surface area contributed by atoms with E-state index in [0.717, 1.165) is 18.4 Å². The highest BCUT2D eigenvalue weighted by Gasteiger charge is 2.37. The van der Waals surface area contributed by atoms with Gasteiger partial charge in [0.15, 0.2) is 9.84 Å². The fourth-order valence-electron chi connectivity index (χ4n) is 1.55. The maximum atomic E-state index is 12.0. The van der Waals surface area contributed by atoms with Crippen molar-refractivity contribution in [2.45, 2.75) is 29.5 Å². The fraction of sp³-hybridized carbons (Fsp3) is 0.364. The van der Waals surface area contributed by atoms with Crippen molar-refractivity contribution in [3.05, 3.63) is 28.2 Å². The average Bonchev–Trinajstić information content (AvgIpc) is 3.10. The lowest BCUT2D eigenvalue weighted by Crippen LogP contribution is -2.08. The molecule has 1 aromatic carbocycles. The summed E-state index contributed by atoms with van der Waals surface area (Å²) < 4.78 is 24.6. The number of benzene rings is 1.